The number of hydrogen-bond acceptors (Lipinski definition) is 3. The molecule has 0 saturated carbocycles. The van der Waals surface area contributed by atoms with Crippen LogP contribution >= 0.6 is 0 Å². The summed E-state index contributed by atoms with van der Waals surface area (Å²) in [5.74, 6) is -0.400. The Bertz CT molecular complexity index is 269. The van der Waals surface area contributed by atoms with E-state index in [1.165, 1.54) is 0 Å². The van der Waals surface area contributed by atoms with Gasteiger partial charge in [-0.25, -0.2) is 0 Å². The molecule has 0 aromatic carbocycles. The second-order valence-electron chi connectivity index (χ2n) is 4.61. The Morgan fingerprint density at radius 3 is 2.78 bits per heavy atom. The average Bonchev–Trinajstić information content (AvgIpc) is 2.28. The summed E-state index contributed by atoms with van der Waals surface area (Å²) >= 11 is 0. The van der Waals surface area contributed by atoms with Crippen molar-refractivity contribution >= 4 is 5.97 Å². The van der Waals surface area contributed by atoms with Gasteiger partial charge in [-0.15, -0.1) is 0 Å². The van der Waals surface area contributed by atoms with E-state index in [0.717, 1.165) is 19.4 Å². The number of carbonyl (C=O) groups excluding carboxylic acids is 1. The molecule has 3 nitrogen and oxygen atoms in total. The topological polar surface area (TPSA) is 29.5 Å². The van der Waals surface area contributed by atoms with E-state index in [9.17, 15) is 18.0 Å². The molecule has 1 aliphatic rings. The van der Waals surface area contributed by atoms with Gasteiger partial charge in [-0.2, -0.15) is 13.2 Å². The fraction of sp³-hybridized carbons (Fsp3) is 0.917. The number of nitrogens with zero attached hydrogens (tertiary/aromatic N) is 1. The summed E-state index contributed by atoms with van der Waals surface area (Å²) in [6, 6.07) is 0. The van der Waals surface area contributed by atoms with Crippen LogP contribution in [0, 0.1) is 5.92 Å². The molecule has 0 spiro atoms. The van der Waals surface area contributed by atoms with Crippen LogP contribution < -0.4 is 0 Å². The molecule has 1 saturated heterocycles. The molecule has 1 heterocycles. The molecule has 0 aromatic rings. The summed E-state index contributed by atoms with van der Waals surface area (Å²) in [5.41, 5.74) is 0. The van der Waals surface area contributed by atoms with E-state index in [2.05, 4.69) is 0 Å². The molecule has 0 aromatic heterocycles. The summed E-state index contributed by atoms with van der Waals surface area (Å²) < 4.78 is 41.0. The molecule has 1 aliphatic heterocycles. The number of piperidine rings is 1. The van der Waals surface area contributed by atoms with Gasteiger partial charge in [0.15, 0.2) is 0 Å². The minimum Gasteiger partial charge on any atom is -0.466 e. The number of alkyl halides is 3. The minimum absolute atomic E-state index is 0.0963. The number of carbonyl (C=O) groups is 1. The monoisotopic (exact) mass is 267 g/mol. The van der Waals surface area contributed by atoms with Crippen LogP contribution in [0.25, 0.3) is 0 Å². The van der Waals surface area contributed by atoms with Crippen LogP contribution in [0.4, 0.5) is 13.2 Å². The van der Waals surface area contributed by atoms with Crippen molar-refractivity contribution in [2.75, 3.05) is 26.2 Å². The van der Waals surface area contributed by atoms with Gasteiger partial charge in [0.05, 0.1) is 12.5 Å². The lowest BCUT2D eigenvalue weighted by molar-refractivity contribution is -0.150. The molecule has 1 fully saturated rings. The molecule has 18 heavy (non-hydrogen) atoms. The summed E-state index contributed by atoms with van der Waals surface area (Å²) in [6.07, 6.45) is -3.13. The van der Waals surface area contributed by atoms with Crippen LogP contribution in [0.5, 0.6) is 0 Å². The second-order valence-corrected chi connectivity index (χ2v) is 4.61. The van der Waals surface area contributed by atoms with Crippen LogP contribution in [-0.4, -0.2) is 43.3 Å². The largest absolute Gasteiger partial charge is 0.466 e. The van der Waals surface area contributed by atoms with Gasteiger partial charge >= 0.3 is 12.1 Å². The molecule has 106 valence electrons. The first-order valence-corrected chi connectivity index (χ1v) is 6.38. The van der Waals surface area contributed by atoms with Gasteiger partial charge in [0.25, 0.3) is 0 Å². The van der Waals surface area contributed by atoms with Gasteiger partial charge < -0.3 is 9.64 Å². The second kappa shape index (κ2) is 6.97. The standard InChI is InChI=1S/C12H20F3NO2/c1-2-18-11(17)10-5-3-7-16(9-10)8-4-6-12(13,14)15/h10H,2-9H2,1H3/t10-/m0/s1. The first-order chi connectivity index (χ1) is 8.42. The lowest BCUT2D eigenvalue weighted by Gasteiger charge is -2.31. The van der Waals surface area contributed by atoms with Crippen LogP contribution in [0.15, 0.2) is 0 Å². The summed E-state index contributed by atoms with van der Waals surface area (Å²) in [6.45, 7) is 3.80. The molecule has 6 heteroatoms. The van der Waals surface area contributed by atoms with Crippen LogP contribution in [-0.2, 0) is 9.53 Å². The quantitative estimate of drug-likeness (QED) is 0.717. The number of esters is 1. The summed E-state index contributed by atoms with van der Waals surface area (Å²) in [5, 5.41) is 0. The van der Waals surface area contributed by atoms with E-state index >= 15 is 0 Å². The number of rotatable bonds is 5. The van der Waals surface area contributed by atoms with Crippen molar-refractivity contribution in [2.24, 2.45) is 5.92 Å². The van der Waals surface area contributed by atoms with Crippen molar-refractivity contribution in [1.82, 2.24) is 4.90 Å². The third kappa shape index (κ3) is 5.71. The molecule has 0 radical (unpaired) electrons. The highest BCUT2D eigenvalue weighted by Crippen LogP contribution is 2.23. The molecular weight excluding hydrogens is 247 g/mol. The lowest BCUT2D eigenvalue weighted by atomic mass is 9.98. The van der Waals surface area contributed by atoms with Crippen LogP contribution in [0.3, 0.4) is 0 Å². The van der Waals surface area contributed by atoms with E-state index < -0.39 is 12.6 Å². The molecule has 1 rings (SSSR count). The molecule has 0 aliphatic carbocycles. The molecule has 1 atom stereocenters. The Morgan fingerprint density at radius 1 is 1.44 bits per heavy atom. The first kappa shape index (κ1) is 15.3. The third-order valence-corrected chi connectivity index (χ3v) is 3.06. The smallest absolute Gasteiger partial charge is 0.389 e. The maximum absolute atomic E-state index is 12.0. The number of hydrogen-bond donors (Lipinski definition) is 0. The zero-order valence-corrected chi connectivity index (χ0v) is 10.6. The van der Waals surface area contributed by atoms with Gasteiger partial charge in [0, 0.05) is 13.0 Å². The number of likely N-dealkylation sites (tertiary alicyclic amines) is 1. The van der Waals surface area contributed by atoms with Crippen molar-refractivity contribution < 1.29 is 22.7 Å². The van der Waals surface area contributed by atoms with Gasteiger partial charge in [-0.1, -0.05) is 0 Å². The highest BCUT2D eigenvalue weighted by atomic mass is 19.4. The molecule has 0 unspecified atom stereocenters. The third-order valence-electron chi connectivity index (χ3n) is 3.06. The fourth-order valence-corrected chi connectivity index (χ4v) is 2.21. The molecule has 0 bridgehead atoms. The van der Waals surface area contributed by atoms with E-state index in [4.69, 9.17) is 4.74 Å². The molecule has 0 N–H and O–H groups in total. The highest BCUT2D eigenvalue weighted by Gasteiger charge is 2.29. The maximum Gasteiger partial charge on any atom is 0.389 e. The maximum atomic E-state index is 12.0. The Balaban J connectivity index is 2.28. The summed E-state index contributed by atoms with van der Waals surface area (Å²) in [7, 11) is 0. The Kier molecular flexibility index (Phi) is 5.91. The average molecular weight is 267 g/mol. The summed E-state index contributed by atoms with van der Waals surface area (Å²) in [4.78, 5) is 13.5. The van der Waals surface area contributed by atoms with Gasteiger partial charge in [-0.05, 0) is 39.3 Å². The van der Waals surface area contributed by atoms with Gasteiger partial charge in [0.1, 0.15) is 0 Å². The lowest BCUT2D eigenvalue weighted by Crippen LogP contribution is -2.40. The van der Waals surface area contributed by atoms with E-state index in [1.54, 1.807) is 6.92 Å². The van der Waals surface area contributed by atoms with E-state index in [1.807, 2.05) is 4.90 Å². The van der Waals surface area contributed by atoms with E-state index in [-0.39, 0.29) is 18.3 Å². The Morgan fingerprint density at radius 2 is 2.17 bits per heavy atom. The fourth-order valence-electron chi connectivity index (χ4n) is 2.21. The van der Waals surface area contributed by atoms with Gasteiger partial charge in [-0.3, -0.25) is 4.79 Å². The van der Waals surface area contributed by atoms with Crippen molar-refractivity contribution in [3.63, 3.8) is 0 Å². The van der Waals surface area contributed by atoms with Crippen molar-refractivity contribution in [1.29, 1.82) is 0 Å². The zero-order chi connectivity index (χ0) is 13.6. The minimum atomic E-state index is -4.09. The van der Waals surface area contributed by atoms with Crippen molar-refractivity contribution in [3.05, 3.63) is 0 Å². The van der Waals surface area contributed by atoms with Crippen LogP contribution in [0.1, 0.15) is 32.6 Å². The highest BCUT2D eigenvalue weighted by molar-refractivity contribution is 5.72. The Hall–Kier alpha value is -0.780. The van der Waals surface area contributed by atoms with Gasteiger partial charge in [0.2, 0.25) is 0 Å². The molecular formula is C12H20F3NO2. The van der Waals surface area contributed by atoms with Crippen molar-refractivity contribution in [2.45, 2.75) is 38.8 Å². The predicted octanol–water partition coefficient (Wildman–Crippen LogP) is 2.60. The normalized spacial score (nSPS) is 21.9. The zero-order valence-electron chi connectivity index (χ0n) is 10.6. The SMILES string of the molecule is CCOC(=O)[C@H]1CCCN(CCCC(F)(F)F)C1. The number of ether oxygens (including phenoxy) is 1. The Labute approximate surface area is 105 Å². The number of halogens is 3. The van der Waals surface area contributed by atoms with Crippen LogP contribution in [0.2, 0.25) is 0 Å². The predicted molar refractivity (Wildman–Crippen MR) is 61.1 cm³/mol. The van der Waals surface area contributed by atoms with Crippen molar-refractivity contribution in [3.8, 4) is 0 Å². The molecule has 0 amide bonds. The van der Waals surface area contributed by atoms with E-state index in [0.29, 0.717) is 19.7 Å². The first-order valence-electron chi connectivity index (χ1n) is 6.38.